The molecular formula is C14H18N4O. The van der Waals surface area contributed by atoms with Crippen molar-refractivity contribution in [1.29, 1.82) is 5.26 Å². The van der Waals surface area contributed by atoms with Crippen LogP contribution in [0.25, 0.3) is 0 Å². The van der Waals surface area contributed by atoms with E-state index in [9.17, 15) is 4.79 Å². The molecule has 1 saturated heterocycles. The van der Waals surface area contributed by atoms with Crippen molar-refractivity contribution in [3.05, 3.63) is 18.0 Å². The minimum atomic E-state index is 0.229. The van der Waals surface area contributed by atoms with Crippen LogP contribution < -0.4 is 0 Å². The summed E-state index contributed by atoms with van der Waals surface area (Å²) >= 11 is 0. The van der Waals surface area contributed by atoms with Gasteiger partial charge in [0.05, 0.1) is 17.8 Å². The maximum atomic E-state index is 12.3. The number of likely N-dealkylation sites (tertiary alicyclic amines) is 1. The van der Waals surface area contributed by atoms with E-state index in [2.05, 4.69) is 11.2 Å². The number of carbonyl (C=O) groups is 1. The molecule has 0 bridgehead atoms. The summed E-state index contributed by atoms with van der Waals surface area (Å²) in [6.45, 7) is 1.56. The number of aromatic nitrogens is 2. The third kappa shape index (κ3) is 2.35. The zero-order valence-electron chi connectivity index (χ0n) is 11.0. The van der Waals surface area contributed by atoms with E-state index in [4.69, 9.17) is 5.26 Å². The lowest BCUT2D eigenvalue weighted by Gasteiger charge is -2.20. The van der Waals surface area contributed by atoms with Gasteiger partial charge < -0.3 is 4.90 Å². The van der Waals surface area contributed by atoms with Crippen molar-refractivity contribution < 1.29 is 4.79 Å². The molecular weight excluding hydrogens is 240 g/mol. The van der Waals surface area contributed by atoms with E-state index in [1.54, 1.807) is 12.4 Å². The molecule has 1 aliphatic heterocycles. The maximum absolute atomic E-state index is 12.3. The van der Waals surface area contributed by atoms with E-state index in [0.717, 1.165) is 32.4 Å². The summed E-state index contributed by atoms with van der Waals surface area (Å²) in [5.74, 6) is 0.582. The van der Waals surface area contributed by atoms with Gasteiger partial charge in [0, 0.05) is 25.2 Å². The summed E-state index contributed by atoms with van der Waals surface area (Å²) in [4.78, 5) is 14.3. The van der Waals surface area contributed by atoms with Crippen LogP contribution in [0.1, 0.15) is 43.7 Å². The molecule has 19 heavy (non-hydrogen) atoms. The largest absolute Gasteiger partial charge is 0.340 e. The van der Waals surface area contributed by atoms with E-state index >= 15 is 0 Å². The molecule has 5 heteroatoms. The second-order valence-corrected chi connectivity index (χ2v) is 5.53. The standard InChI is InChI=1S/C14H18N4O/c15-7-11-8-16-18(9-11)13-5-6-17(10-13)14(19)12-3-1-2-4-12/h8-9,12-13H,1-6,10H2. The molecule has 2 heterocycles. The fraction of sp³-hybridized carbons (Fsp3) is 0.643. The van der Waals surface area contributed by atoms with Crippen LogP contribution in [0.5, 0.6) is 0 Å². The molecule has 2 aliphatic rings. The average Bonchev–Trinajstić information content (AvgIpc) is 3.17. The van der Waals surface area contributed by atoms with E-state index in [0.29, 0.717) is 11.5 Å². The van der Waals surface area contributed by atoms with Gasteiger partial charge in [-0.25, -0.2) is 0 Å². The van der Waals surface area contributed by atoms with Gasteiger partial charge >= 0.3 is 0 Å². The Kier molecular flexibility index (Phi) is 3.24. The SMILES string of the molecule is N#Cc1cnn(C2CCN(C(=O)C3CCCC3)C2)c1. The van der Waals surface area contributed by atoms with Crippen molar-refractivity contribution in [2.45, 2.75) is 38.1 Å². The lowest BCUT2D eigenvalue weighted by molar-refractivity contribution is -0.134. The molecule has 5 nitrogen and oxygen atoms in total. The topological polar surface area (TPSA) is 61.9 Å². The van der Waals surface area contributed by atoms with Gasteiger partial charge in [0.25, 0.3) is 0 Å². The van der Waals surface area contributed by atoms with Gasteiger partial charge in [-0.1, -0.05) is 12.8 Å². The number of hydrogen-bond donors (Lipinski definition) is 0. The van der Waals surface area contributed by atoms with Crippen molar-refractivity contribution in [2.24, 2.45) is 5.92 Å². The van der Waals surface area contributed by atoms with Gasteiger partial charge in [-0.05, 0) is 19.3 Å². The number of nitriles is 1. The van der Waals surface area contributed by atoms with Crippen LogP contribution in [0.3, 0.4) is 0 Å². The third-order valence-corrected chi connectivity index (χ3v) is 4.28. The van der Waals surface area contributed by atoms with Crippen molar-refractivity contribution >= 4 is 5.91 Å². The van der Waals surface area contributed by atoms with Crippen LogP contribution in [-0.4, -0.2) is 33.7 Å². The van der Waals surface area contributed by atoms with E-state index in [1.165, 1.54) is 12.8 Å². The fourth-order valence-electron chi connectivity index (χ4n) is 3.18. The van der Waals surface area contributed by atoms with Crippen molar-refractivity contribution in [1.82, 2.24) is 14.7 Å². The quantitative estimate of drug-likeness (QED) is 0.811. The minimum absolute atomic E-state index is 0.229. The monoisotopic (exact) mass is 258 g/mol. The fourth-order valence-corrected chi connectivity index (χ4v) is 3.18. The van der Waals surface area contributed by atoms with Gasteiger partial charge in [-0.2, -0.15) is 10.4 Å². The first-order valence-electron chi connectivity index (χ1n) is 7.01. The first-order valence-corrected chi connectivity index (χ1v) is 7.01. The predicted octanol–water partition coefficient (Wildman–Crippen LogP) is 1.72. The Bertz CT molecular complexity index is 510. The molecule has 1 unspecified atom stereocenters. The van der Waals surface area contributed by atoms with Gasteiger partial charge in [-0.15, -0.1) is 0 Å². The molecule has 0 N–H and O–H groups in total. The van der Waals surface area contributed by atoms with Crippen LogP contribution in [0.4, 0.5) is 0 Å². The summed E-state index contributed by atoms with van der Waals surface area (Å²) in [6.07, 6.45) is 8.79. The highest BCUT2D eigenvalue weighted by molar-refractivity contribution is 5.79. The zero-order valence-corrected chi connectivity index (χ0v) is 11.0. The number of carbonyl (C=O) groups excluding carboxylic acids is 1. The van der Waals surface area contributed by atoms with Crippen LogP contribution in [0.2, 0.25) is 0 Å². The lowest BCUT2D eigenvalue weighted by Crippen LogP contribution is -2.33. The molecule has 1 aliphatic carbocycles. The van der Waals surface area contributed by atoms with Gasteiger partial charge in [0.15, 0.2) is 0 Å². The van der Waals surface area contributed by atoms with E-state index in [-0.39, 0.29) is 12.0 Å². The highest BCUT2D eigenvalue weighted by atomic mass is 16.2. The molecule has 100 valence electrons. The van der Waals surface area contributed by atoms with Crippen molar-refractivity contribution in [3.8, 4) is 6.07 Å². The second kappa shape index (κ2) is 5.04. The molecule has 1 aromatic rings. The van der Waals surface area contributed by atoms with Crippen LogP contribution in [0, 0.1) is 17.2 Å². The summed E-state index contributed by atoms with van der Waals surface area (Å²) in [5, 5.41) is 13.0. The Morgan fingerprint density at radius 1 is 1.37 bits per heavy atom. The maximum Gasteiger partial charge on any atom is 0.225 e. The Hall–Kier alpha value is -1.83. The number of hydrogen-bond acceptors (Lipinski definition) is 3. The van der Waals surface area contributed by atoms with E-state index in [1.807, 2.05) is 9.58 Å². The highest BCUT2D eigenvalue weighted by Crippen LogP contribution is 2.29. The average molecular weight is 258 g/mol. The Labute approximate surface area is 112 Å². The Morgan fingerprint density at radius 3 is 2.84 bits per heavy atom. The van der Waals surface area contributed by atoms with Gasteiger partial charge in [-0.3, -0.25) is 9.48 Å². The molecule has 2 fully saturated rings. The first-order chi connectivity index (χ1) is 9.28. The normalized spacial score (nSPS) is 23.7. The van der Waals surface area contributed by atoms with Gasteiger partial charge in [0.2, 0.25) is 5.91 Å². The number of rotatable bonds is 2. The molecule has 1 amide bonds. The molecule has 0 aromatic carbocycles. The van der Waals surface area contributed by atoms with Crippen LogP contribution in [0.15, 0.2) is 12.4 Å². The van der Waals surface area contributed by atoms with Crippen LogP contribution in [-0.2, 0) is 4.79 Å². The Balaban J connectivity index is 1.63. The van der Waals surface area contributed by atoms with Crippen molar-refractivity contribution in [2.75, 3.05) is 13.1 Å². The highest BCUT2D eigenvalue weighted by Gasteiger charge is 2.33. The van der Waals surface area contributed by atoms with E-state index < -0.39 is 0 Å². The summed E-state index contributed by atoms with van der Waals surface area (Å²) in [5.41, 5.74) is 0.584. The first kappa shape index (κ1) is 12.2. The summed E-state index contributed by atoms with van der Waals surface area (Å²) < 4.78 is 1.83. The lowest BCUT2D eigenvalue weighted by atomic mass is 10.1. The predicted molar refractivity (Wildman–Crippen MR) is 69.1 cm³/mol. The second-order valence-electron chi connectivity index (χ2n) is 5.53. The minimum Gasteiger partial charge on any atom is -0.340 e. The molecule has 1 saturated carbocycles. The smallest absolute Gasteiger partial charge is 0.225 e. The number of nitrogens with zero attached hydrogens (tertiary/aromatic N) is 4. The summed E-state index contributed by atoms with van der Waals surface area (Å²) in [6, 6.07) is 2.31. The van der Waals surface area contributed by atoms with Gasteiger partial charge in [0.1, 0.15) is 6.07 Å². The number of amides is 1. The third-order valence-electron chi connectivity index (χ3n) is 4.28. The van der Waals surface area contributed by atoms with Crippen LogP contribution >= 0.6 is 0 Å². The molecule has 0 radical (unpaired) electrons. The Morgan fingerprint density at radius 2 is 2.16 bits per heavy atom. The molecule has 3 rings (SSSR count). The molecule has 1 atom stereocenters. The molecule has 0 spiro atoms. The zero-order chi connectivity index (χ0) is 13.2. The summed E-state index contributed by atoms with van der Waals surface area (Å²) in [7, 11) is 0. The molecule has 1 aromatic heterocycles. The van der Waals surface area contributed by atoms with Crippen molar-refractivity contribution in [3.63, 3.8) is 0 Å².